The molecule has 0 fully saturated rings. The fourth-order valence-corrected chi connectivity index (χ4v) is 3.41. The first kappa shape index (κ1) is 31.4. The molecule has 1 aromatic rings. The van der Waals surface area contributed by atoms with Crippen molar-refractivity contribution in [1.82, 2.24) is 16.0 Å². The van der Waals surface area contributed by atoms with E-state index in [9.17, 15) is 34.2 Å². The second-order valence-corrected chi connectivity index (χ2v) is 9.48. The summed E-state index contributed by atoms with van der Waals surface area (Å²) in [5.41, 5.74) is 11.7. The van der Waals surface area contributed by atoms with E-state index in [2.05, 4.69) is 16.0 Å². The first-order valence-corrected chi connectivity index (χ1v) is 12.2. The molecular formula is C25H39N5O7. The summed E-state index contributed by atoms with van der Waals surface area (Å²) in [6.45, 7) is 6.99. The Kier molecular flexibility index (Phi) is 12.5. The second kappa shape index (κ2) is 14.8. The number of carbonyl (C=O) groups is 5. The van der Waals surface area contributed by atoms with E-state index in [4.69, 9.17) is 11.5 Å². The Balaban J connectivity index is 3.07. The predicted octanol–water partition coefficient (Wildman–Crippen LogP) is -0.231. The number of hydrogen-bond donors (Lipinski definition) is 7. The maximum atomic E-state index is 13.1. The van der Waals surface area contributed by atoms with E-state index in [1.165, 1.54) is 12.1 Å². The first-order valence-electron chi connectivity index (χ1n) is 12.2. The molecule has 5 atom stereocenters. The molecular weight excluding hydrogens is 482 g/mol. The van der Waals surface area contributed by atoms with E-state index < -0.39 is 59.7 Å². The molecule has 1 rings (SSSR count). The zero-order chi connectivity index (χ0) is 28.3. The number of nitrogens with one attached hydrogen (secondary N) is 3. The van der Waals surface area contributed by atoms with Crippen LogP contribution in [0.25, 0.3) is 0 Å². The van der Waals surface area contributed by atoms with Crippen LogP contribution in [-0.2, 0) is 30.4 Å². The minimum absolute atomic E-state index is 0.0199. The Bertz CT molecular complexity index is 951. The number of aliphatic carboxylic acids is 1. The molecule has 0 radical (unpaired) electrons. The number of carboxylic acids is 1. The summed E-state index contributed by atoms with van der Waals surface area (Å²) in [6.07, 6.45) is 0.131. The smallest absolute Gasteiger partial charge is 0.326 e. The number of phenols is 1. The van der Waals surface area contributed by atoms with Gasteiger partial charge in [-0.1, -0.05) is 46.2 Å². The Morgan fingerprint density at radius 3 is 1.95 bits per heavy atom. The molecule has 0 aliphatic rings. The van der Waals surface area contributed by atoms with Crippen molar-refractivity contribution < 1.29 is 34.2 Å². The van der Waals surface area contributed by atoms with Gasteiger partial charge in [0.25, 0.3) is 0 Å². The van der Waals surface area contributed by atoms with Crippen LogP contribution in [0.15, 0.2) is 24.3 Å². The molecule has 0 saturated heterocycles. The lowest BCUT2D eigenvalue weighted by molar-refractivity contribution is -0.142. The molecule has 12 nitrogen and oxygen atoms in total. The van der Waals surface area contributed by atoms with E-state index in [-0.39, 0.29) is 30.9 Å². The van der Waals surface area contributed by atoms with E-state index in [1.807, 2.05) is 0 Å². The molecule has 206 valence electrons. The third-order valence-corrected chi connectivity index (χ3v) is 6.12. The number of amides is 4. The van der Waals surface area contributed by atoms with Crippen molar-refractivity contribution >= 4 is 29.6 Å². The highest BCUT2D eigenvalue weighted by Crippen LogP contribution is 2.13. The van der Waals surface area contributed by atoms with Gasteiger partial charge < -0.3 is 37.6 Å². The fourth-order valence-electron chi connectivity index (χ4n) is 3.41. The van der Waals surface area contributed by atoms with Gasteiger partial charge in [0.1, 0.15) is 23.9 Å². The van der Waals surface area contributed by atoms with Crippen molar-refractivity contribution in [3.8, 4) is 5.75 Å². The highest BCUT2D eigenvalue weighted by molar-refractivity contribution is 5.94. The molecule has 0 saturated carbocycles. The Morgan fingerprint density at radius 1 is 0.892 bits per heavy atom. The summed E-state index contributed by atoms with van der Waals surface area (Å²) in [5.74, 6) is -4.56. The van der Waals surface area contributed by atoms with Crippen molar-refractivity contribution in [2.75, 3.05) is 0 Å². The number of phenolic OH excluding ortho intramolecular Hbond substituents is 1. The SMILES string of the molecule is CCC(C)C(NC(=O)C(CCC(N)=O)NC(=O)C(N)C(C)C)C(=O)NC(Cc1ccc(O)cc1)C(=O)O. The van der Waals surface area contributed by atoms with E-state index in [1.54, 1.807) is 39.8 Å². The zero-order valence-corrected chi connectivity index (χ0v) is 21.7. The Hall–Kier alpha value is -3.67. The second-order valence-electron chi connectivity index (χ2n) is 9.48. The van der Waals surface area contributed by atoms with E-state index >= 15 is 0 Å². The van der Waals surface area contributed by atoms with Crippen LogP contribution >= 0.6 is 0 Å². The van der Waals surface area contributed by atoms with Crippen molar-refractivity contribution in [1.29, 1.82) is 0 Å². The molecule has 9 N–H and O–H groups in total. The third-order valence-electron chi connectivity index (χ3n) is 6.12. The van der Waals surface area contributed by atoms with Crippen LogP contribution in [-0.4, -0.2) is 64.0 Å². The highest BCUT2D eigenvalue weighted by atomic mass is 16.4. The van der Waals surface area contributed by atoms with Gasteiger partial charge in [0, 0.05) is 12.8 Å². The summed E-state index contributed by atoms with van der Waals surface area (Å²) in [4.78, 5) is 61.9. The molecule has 0 bridgehead atoms. The molecule has 0 aliphatic carbocycles. The van der Waals surface area contributed by atoms with Crippen LogP contribution in [0.4, 0.5) is 0 Å². The maximum absolute atomic E-state index is 13.1. The van der Waals surface area contributed by atoms with Crippen LogP contribution in [0.3, 0.4) is 0 Å². The summed E-state index contributed by atoms with van der Waals surface area (Å²) >= 11 is 0. The van der Waals surface area contributed by atoms with Crippen molar-refractivity contribution in [2.24, 2.45) is 23.3 Å². The highest BCUT2D eigenvalue weighted by Gasteiger charge is 2.33. The molecule has 0 aliphatic heterocycles. The molecule has 37 heavy (non-hydrogen) atoms. The van der Waals surface area contributed by atoms with Crippen molar-refractivity contribution in [3.63, 3.8) is 0 Å². The van der Waals surface area contributed by atoms with Gasteiger partial charge in [0.05, 0.1) is 6.04 Å². The number of carbonyl (C=O) groups excluding carboxylic acids is 4. The average Bonchev–Trinajstić information content (AvgIpc) is 2.84. The van der Waals surface area contributed by atoms with Crippen LogP contribution in [0.5, 0.6) is 5.75 Å². The van der Waals surface area contributed by atoms with Crippen LogP contribution in [0.1, 0.15) is 52.5 Å². The first-order chi connectivity index (χ1) is 17.3. The van der Waals surface area contributed by atoms with Gasteiger partial charge in [0.2, 0.25) is 23.6 Å². The van der Waals surface area contributed by atoms with Gasteiger partial charge in [-0.05, 0) is 36.0 Å². The molecule has 12 heteroatoms. The standard InChI is InChI=1S/C25H39N5O7/c1-5-14(4)21(24(35)29-18(25(36)37)12-15-6-8-16(31)9-7-15)30-22(33)17(10-11-19(26)32)28-23(34)20(27)13(2)3/h6-9,13-14,17-18,20-21,31H,5,10-12,27H2,1-4H3,(H2,26,32)(H,28,34)(H,29,35)(H,30,33)(H,36,37). The molecule has 0 aromatic heterocycles. The van der Waals surface area contributed by atoms with Crippen molar-refractivity contribution in [3.05, 3.63) is 29.8 Å². The minimum atomic E-state index is -1.30. The Morgan fingerprint density at radius 2 is 1.46 bits per heavy atom. The topological polar surface area (TPSA) is 214 Å². The van der Waals surface area contributed by atoms with Gasteiger partial charge in [-0.25, -0.2) is 4.79 Å². The zero-order valence-electron chi connectivity index (χ0n) is 21.7. The number of benzene rings is 1. The Labute approximate surface area is 216 Å². The number of nitrogens with two attached hydrogens (primary N) is 2. The maximum Gasteiger partial charge on any atom is 0.326 e. The normalized spacial score (nSPS) is 15.1. The van der Waals surface area contributed by atoms with E-state index in [0.717, 1.165) is 0 Å². The lowest BCUT2D eigenvalue weighted by Crippen LogP contribution is -2.59. The number of carboxylic acid groups (broad SMARTS) is 1. The molecule has 0 spiro atoms. The summed E-state index contributed by atoms with van der Waals surface area (Å²) < 4.78 is 0. The van der Waals surface area contributed by atoms with Gasteiger partial charge in [-0.15, -0.1) is 0 Å². The fraction of sp³-hybridized carbons (Fsp3) is 0.560. The summed E-state index contributed by atoms with van der Waals surface area (Å²) in [7, 11) is 0. The van der Waals surface area contributed by atoms with Gasteiger partial charge in [0.15, 0.2) is 0 Å². The number of primary amides is 1. The monoisotopic (exact) mass is 521 g/mol. The molecule has 0 heterocycles. The van der Waals surface area contributed by atoms with Crippen LogP contribution in [0, 0.1) is 11.8 Å². The number of rotatable bonds is 15. The quantitative estimate of drug-likeness (QED) is 0.163. The van der Waals surface area contributed by atoms with E-state index in [0.29, 0.717) is 12.0 Å². The molecule has 1 aromatic carbocycles. The van der Waals surface area contributed by atoms with Gasteiger partial charge >= 0.3 is 5.97 Å². The van der Waals surface area contributed by atoms with Gasteiger partial charge in [-0.2, -0.15) is 0 Å². The number of hydrogen-bond acceptors (Lipinski definition) is 7. The van der Waals surface area contributed by atoms with Crippen LogP contribution in [0.2, 0.25) is 0 Å². The summed E-state index contributed by atoms with van der Waals surface area (Å²) in [6, 6.07) is 1.40. The summed E-state index contributed by atoms with van der Waals surface area (Å²) in [5, 5.41) is 26.7. The van der Waals surface area contributed by atoms with Crippen LogP contribution < -0.4 is 27.4 Å². The van der Waals surface area contributed by atoms with Gasteiger partial charge in [-0.3, -0.25) is 19.2 Å². The lowest BCUT2D eigenvalue weighted by atomic mass is 9.96. The molecule has 4 amide bonds. The third kappa shape index (κ3) is 10.5. The predicted molar refractivity (Wildman–Crippen MR) is 136 cm³/mol. The average molecular weight is 522 g/mol. The largest absolute Gasteiger partial charge is 0.508 e. The minimum Gasteiger partial charge on any atom is -0.508 e. The number of aromatic hydroxyl groups is 1. The molecule has 5 unspecified atom stereocenters. The lowest BCUT2D eigenvalue weighted by Gasteiger charge is -2.28. The van der Waals surface area contributed by atoms with Crippen molar-refractivity contribution in [2.45, 2.75) is 77.5 Å².